The molecule has 1 fully saturated rings. The zero-order chi connectivity index (χ0) is 21.1. The van der Waals surface area contributed by atoms with Crippen LogP contribution in [0, 0.1) is 6.92 Å². The first kappa shape index (κ1) is 23.6. The summed E-state index contributed by atoms with van der Waals surface area (Å²) in [6.07, 6.45) is 1.99. The third-order valence-electron chi connectivity index (χ3n) is 4.18. The minimum atomic E-state index is -1.36. The van der Waals surface area contributed by atoms with Crippen LogP contribution in [-0.2, 0) is 19.2 Å². The van der Waals surface area contributed by atoms with E-state index in [2.05, 4.69) is 10.8 Å². The Morgan fingerprint density at radius 1 is 1.14 bits per heavy atom. The number of likely N-dealkylation sites (N-methyl/N-ethyl adjacent to an activating group) is 2. The van der Waals surface area contributed by atoms with Crippen molar-refractivity contribution in [1.82, 2.24) is 15.7 Å². The third kappa shape index (κ3) is 6.61. The molecule has 0 radical (unpaired) electrons. The summed E-state index contributed by atoms with van der Waals surface area (Å²) in [5, 5.41) is 2.40. The average molecular weight is 393 g/mol. The summed E-state index contributed by atoms with van der Waals surface area (Å²) < 4.78 is 5.37. The van der Waals surface area contributed by atoms with Gasteiger partial charge in [0, 0.05) is 32.7 Å². The van der Waals surface area contributed by atoms with Gasteiger partial charge in [0.2, 0.25) is 0 Å². The molecule has 8 nitrogen and oxygen atoms in total. The Morgan fingerprint density at radius 3 is 2.32 bits per heavy atom. The molecule has 1 saturated heterocycles. The first-order chi connectivity index (χ1) is 13.4. The Labute approximate surface area is 166 Å². The SMILES string of the molecule is CC.CNC(=O)[C@@H](C(=O)NOC1CCCCO1)N(C)C(=O)c1ccc(C)cc1. The van der Waals surface area contributed by atoms with Crippen LogP contribution in [0.2, 0.25) is 0 Å². The molecule has 0 aliphatic carbocycles. The lowest BCUT2D eigenvalue weighted by Gasteiger charge is -2.27. The molecule has 0 spiro atoms. The molecular formula is C20H31N3O5. The molecule has 156 valence electrons. The van der Waals surface area contributed by atoms with E-state index in [4.69, 9.17) is 9.57 Å². The Kier molecular flexibility index (Phi) is 10.2. The highest BCUT2D eigenvalue weighted by molar-refractivity contribution is 6.08. The average Bonchev–Trinajstić information content (AvgIpc) is 2.74. The molecule has 3 amide bonds. The van der Waals surface area contributed by atoms with Crippen molar-refractivity contribution in [2.24, 2.45) is 0 Å². The van der Waals surface area contributed by atoms with Crippen LogP contribution in [-0.4, -0.2) is 55.7 Å². The Balaban J connectivity index is 0.00000190. The number of ether oxygens (including phenoxy) is 1. The molecular weight excluding hydrogens is 362 g/mol. The van der Waals surface area contributed by atoms with E-state index < -0.39 is 30.1 Å². The predicted molar refractivity (Wildman–Crippen MR) is 105 cm³/mol. The van der Waals surface area contributed by atoms with E-state index in [0.29, 0.717) is 18.6 Å². The third-order valence-corrected chi connectivity index (χ3v) is 4.18. The number of hydroxylamine groups is 1. The van der Waals surface area contributed by atoms with E-state index in [1.807, 2.05) is 20.8 Å². The number of carbonyl (C=O) groups excluding carboxylic acids is 3. The number of rotatable bonds is 6. The highest BCUT2D eigenvalue weighted by Gasteiger charge is 2.34. The Morgan fingerprint density at radius 2 is 1.79 bits per heavy atom. The van der Waals surface area contributed by atoms with Gasteiger partial charge in [-0.25, -0.2) is 10.3 Å². The van der Waals surface area contributed by atoms with Gasteiger partial charge >= 0.3 is 0 Å². The number of carbonyl (C=O) groups is 3. The Bertz CT molecular complexity index is 642. The fraction of sp³-hybridized carbons (Fsp3) is 0.550. The summed E-state index contributed by atoms with van der Waals surface area (Å²) in [5.74, 6) is -1.79. The zero-order valence-corrected chi connectivity index (χ0v) is 17.3. The largest absolute Gasteiger partial charge is 0.357 e. The molecule has 1 unspecified atom stereocenters. The van der Waals surface area contributed by atoms with Crippen LogP contribution < -0.4 is 10.8 Å². The molecule has 1 aliphatic rings. The molecule has 0 saturated carbocycles. The second kappa shape index (κ2) is 12.1. The van der Waals surface area contributed by atoms with Crippen LogP contribution in [0.4, 0.5) is 0 Å². The molecule has 2 atom stereocenters. The summed E-state index contributed by atoms with van der Waals surface area (Å²) >= 11 is 0. The van der Waals surface area contributed by atoms with Gasteiger partial charge in [-0.15, -0.1) is 0 Å². The number of amides is 3. The number of hydrogen-bond donors (Lipinski definition) is 2. The van der Waals surface area contributed by atoms with Gasteiger partial charge in [0.05, 0.1) is 0 Å². The van der Waals surface area contributed by atoms with E-state index in [1.54, 1.807) is 24.3 Å². The first-order valence-electron chi connectivity index (χ1n) is 9.56. The topological polar surface area (TPSA) is 97.0 Å². The van der Waals surface area contributed by atoms with Crippen molar-refractivity contribution in [3.8, 4) is 0 Å². The van der Waals surface area contributed by atoms with Crippen molar-refractivity contribution < 1.29 is 24.0 Å². The molecule has 0 bridgehead atoms. The van der Waals surface area contributed by atoms with Crippen molar-refractivity contribution in [3.05, 3.63) is 35.4 Å². The quantitative estimate of drug-likeness (QED) is 0.567. The van der Waals surface area contributed by atoms with Crippen molar-refractivity contribution >= 4 is 17.7 Å². The molecule has 0 aromatic heterocycles. The second-order valence-corrected chi connectivity index (χ2v) is 6.18. The maximum atomic E-state index is 12.6. The molecule has 1 aromatic carbocycles. The van der Waals surface area contributed by atoms with Crippen LogP contribution in [0.15, 0.2) is 24.3 Å². The van der Waals surface area contributed by atoms with Crippen molar-refractivity contribution in [1.29, 1.82) is 0 Å². The van der Waals surface area contributed by atoms with E-state index in [1.165, 1.54) is 14.1 Å². The van der Waals surface area contributed by atoms with Gasteiger partial charge < -0.3 is 15.0 Å². The van der Waals surface area contributed by atoms with E-state index in [9.17, 15) is 14.4 Å². The minimum absolute atomic E-state index is 0.385. The van der Waals surface area contributed by atoms with Crippen molar-refractivity contribution in [2.45, 2.75) is 52.4 Å². The highest BCUT2D eigenvalue weighted by atomic mass is 16.8. The molecule has 2 N–H and O–H groups in total. The van der Waals surface area contributed by atoms with Crippen molar-refractivity contribution in [2.75, 3.05) is 20.7 Å². The van der Waals surface area contributed by atoms with Crippen LogP contribution in [0.3, 0.4) is 0 Å². The summed E-state index contributed by atoms with van der Waals surface area (Å²) in [5.41, 5.74) is 3.64. The van der Waals surface area contributed by atoms with Gasteiger partial charge in [-0.3, -0.25) is 14.4 Å². The van der Waals surface area contributed by atoms with Crippen LogP contribution in [0.25, 0.3) is 0 Å². The lowest BCUT2D eigenvalue weighted by molar-refractivity contribution is -0.202. The number of nitrogens with zero attached hydrogens (tertiary/aromatic N) is 1. The Hall–Kier alpha value is -2.45. The number of aryl methyl sites for hydroxylation is 1. The standard InChI is InChI=1S/C18H25N3O5.C2H6/c1-12-7-9-13(10-8-12)18(24)21(3)15(16(22)19-2)17(23)20-26-14-6-4-5-11-25-14;1-2/h7-10,14-15H,4-6,11H2,1-3H3,(H,19,22)(H,20,23);1-2H3/t14?,15-;/m0./s1. The van der Waals surface area contributed by atoms with Gasteiger partial charge in [0.15, 0.2) is 12.3 Å². The predicted octanol–water partition coefficient (Wildman–Crippen LogP) is 1.78. The molecule has 8 heteroatoms. The van der Waals surface area contributed by atoms with Gasteiger partial charge in [-0.1, -0.05) is 31.5 Å². The summed E-state index contributed by atoms with van der Waals surface area (Å²) in [7, 11) is 2.80. The normalized spacial score (nSPS) is 16.8. The van der Waals surface area contributed by atoms with Gasteiger partial charge in [-0.05, 0) is 31.9 Å². The maximum Gasteiger partial charge on any atom is 0.276 e. The smallest absolute Gasteiger partial charge is 0.276 e. The molecule has 1 aromatic rings. The lowest BCUT2D eigenvalue weighted by Crippen LogP contribution is -2.55. The van der Waals surface area contributed by atoms with E-state index >= 15 is 0 Å². The molecule has 1 heterocycles. The van der Waals surface area contributed by atoms with Gasteiger partial charge in [-0.2, -0.15) is 0 Å². The first-order valence-corrected chi connectivity index (χ1v) is 9.56. The van der Waals surface area contributed by atoms with Crippen LogP contribution in [0.5, 0.6) is 0 Å². The van der Waals surface area contributed by atoms with E-state index in [0.717, 1.165) is 23.3 Å². The minimum Gasteiger partial charge on any atom is -0.357 e. The van der Waals surface area contributed by atoms with Gasteiger partial charge in [0.25, 0.3) is 17.7 Å². The fourth-order valence-corrected chi connectivity index (χ4v) is 2.61. The zero-order valence-electron chi connectivity index (χ0n) is 17.3. The number of benzene rings is 1. The van der Waals surface area contributed by atoms with Crippen LogP contribution in [0.1, 0.15) is 49.0 Å². The van der Waals surface area contributed by atoms with Gasteiger partial charge in [0.1, 0.15) is 0 Å². The number of hydrogen-bond acceptors (Lipinski definition) is 5. The second-order valence-electron chi connectivity index (χ2n) is 6.18. The van der Waals surface area contributed by atoms with Crippen molar-refractivity contribution in [3.63, 3.8) is 0 Å². The summed E-state index contributed by atoms with van der Waals surface area (Å²) in [6, 6.07) is 5.52. The lowest BCUT2D eigenvalue weighted by atomic mass is 10.1. The molecule has 1 aliphatic heterocycles. The number of nitrogens with one attached hydrogen (secondary N) is 2. The molecule has 2 rings (SSSR count). The summed E-state index contributed by atoms with van der Waals surface area (Å²) in [6.45, 7) is 6.47. The summed E-state index contributed by atoms with van der Waals surface area (Å²) in [4.78, 5) is 43.6. The molecule has 28 heavy (non-hydrogen) atoms. The fourth-order valence-electron chi connectivity index (χ4n) is 2.61. The van der Waals surface area contributed by atoms with Crippen LogP contribution >= 0.6 is 0 Å². The monoisotopic (exact) mass is 393 g/mol. The maximum absolute atomic E-state index is 12.6. The van der Waals surface area contributed by atoms with E-state index in [-0.39, 0.29) is 0 Å². The highest BCUT2D eigenvalue weighted by Crippen LogP contribution is 2.13.